The highest BCUT2D eigenvalue weighted by Crippen LogP contribution is 2.36. The van der Waals surface area contributed by atoms with E-state index in [1.165, 1.54) is 0 Å². The van der Waals surface area contributed by atoms with E-state index in [9.17, 15) is 9.90 Å². The molecule has 1 aliphatic carbocycles. The lowest BCUT2D eigenvalue weighted by Crippen LogP contribution is -2.11. The molecule has 2 rings (SSSR count). The van der Waals surface area contributed by atoms with E-state index < -0.39 is 5.76 Å². The summed E-state index contributed by atoms with van der Waals surface area (Å²) < 4.78 is 4.93. The fraction of sp³-hybridized carbons (Fsp3) is 0.500. The number of aromatic nitrogens is 1. The van der Waals surface area contributed by atoms with Gasteiger partial charge in [0.05, 0.1) is 0 Å². The van der Waals surface area contributed by atoms with Crippen LogP contribution in [0.4, 0.5) is 0 Å². The lowest BCUT2D eigenvalue weighted by atomic mass is 9.83. The van der Waals surface area contributed by atoms with Crippen LogP contribution in [0.3, 0.4) is 0 Å². The van der Waals surface area contributed by atoms with Gasteiger partial charge in [-0.05, 0) is 18.8 Å². The maximum atomic E-state index is 10.9. The molecule has 0 amide bonds. The topological polar surface area (TPSA) is 66.2 Å². The van der Waals surface area contributed by atoms with E-state index >= 15 is 0 Å². The zero-order valence-electron chi connectivity index (χ0n) is 7.99. The minimum absolute atomic E-state index is 0.110. The third-order valence-electron chi connectivity index (χ3n) is 2.74. The third-order valence-corrected chi connectivity index (χ3v) is 2.74. The predicted octanol–water partition coefficient (Wildman–Crippen LogP) is 1.74. The Morgan fingerprint density at radius 2 is 2.21 bits per heavy atom. The van der Waals surface area contributed by atoms with Crippen LogP contribution in [0.5, 0.6) is 5.88 Å². The average molecular weight is 195 g/mol. The summed E-state index contributed by atoms with van der Waals surface area (Å²) in [6, 6.07) is 0. The second-order valence-electron chi connectivity index (χ2n) is 3.75. The van der Waals surface area contributed by atoms with Gasteiger partial charge in [0.25, 0.3) is 0 Å². The van der Waals surface area contributed by atoms with Crippen LogP contribution in [-0.2, 0) is 0 Å². The smallest absolute Gasteiger partial charge is 0.419 e. The summed E-state index contributed by atoms with van der Waals surface area (Å²) in [5.41, 5.74) is 0. The standard InChI is InChI=1S/C10H13NO3/c1-6-4-2-3-5-7(6)8-9(12)11-10(13)14-8/h2-3,6-7,12H,4-5H2,1H3,(H,11,13). The van der Waals surface area contributed by atoms with Crippen molar-refractivity contribution in [2.24, 2.45) is 5.92 Å². The molecule has 0 aromatic carbocycles. The fourth-order valence-electron chi connectivity index (χ4n) is 1.90. The first kappa shape index (κ1) is 9.12. The summed E-state index contributed by atoms with van der Waals surface area (Å²) in [6.07, 6.45) is 5.94. The molecule has 0 bridgehead atoms. The van der Waals surface area contributed by atoms with Crippen LogP contribution in [0.25, 0.3) is 0 Å². The first-order valence-electron chi connectivity index (χ1n) is 4.75. The number of hydrogen-bond acceptors (Lipinski definition) is 3. The number of H-pyrrole nitrogens is 1. The van der Waals surface area contributed by atoms with Gasteiger partial charge in [0.1, 0.15) is 0 Å². The molecular weight excluding hydrogens is 182 g/mol. The van der Waals surface area contributed by atoms with Crippen molar-refractivity contribution in [1.29, 1.82) is 0 Å². The third kappa shape index (κ3) is 1.47. The summed E-state index contributed by atoms with van der Waals surface area (Å²) in [5, 5.41) is 9.43. The van der Waals surface area contributed by atoms with Gasteiger partial charge in [-0.2, -0.15) is 0 Å². The first-order chi connectivity index (χ1) is 6.68. The number of hydrogen-bond donors (Lipinski definition) is 2. The summed E-state index contributed by atoms with van der Waals surface area (Å²) >= 11 is 0. The number of aromatic hydroxyl groups is 1. The highest BCUT2D eigenvalue weighted by Gasteiger charge is 2.26. The Labute approximate surface area is 81.3 Å². The van der Waals surface area contributed by atoms with Gasteiger partial charge in [0, 0.05) is 5.92 Å². The molecule has 1 aromatic rings. The van der Waals surface area contributed by atoms with E-state index in [-0.39, 0.29) is 11.8 Å². The number of allylic oxidation sites excluding steroid dienone is 2. The SMILES string of the molecule is CC1CC=CCC1c1oc(=O)[nH]c1O. The molecule has 1 aromatic heterocycles. The van der Waals surface area contributed by atoms with E-state index in [4.69, 9.17) is 4.42 Å². The van der Waals surface area contributed by atoms with E-state index in [2.05, 4.69) is 24.1 Å². The molecule has 0 radical (unpaired) electrons. The van der Waals surface area contributed by atoms with Crippen LogP contribution in [0, 0.1) is 5.92 Å². The largest absolute Gasteiger partial charge is 0.492 e. The van der Waals surface area contributed by atoms with Crippen molar-refractivity contribution < 1.29 is 9.52 Å². The number of nitrogens with one attached hydrogen (secondary N) is 1. The fourth-order valence-corrected chi connectivity index (χ4v) is 1.90. The van der Waals surface area contributed by atoms with E-state index in [1.54, 1.807) is 0 Å². The van der Waals surface area contributed by atoms with Crippen LogP contribution in [0.15, 0.2) is 21.4 Å². The van der Waals surface area contributed by atoms with Crippen LogP contribution < -0.4 is 5.76 Å². The molecule has 1 aliphatic rings. The maximum Gasteiger partial charge on any atom is 0.419 e. The molecule has 0 saturated carbocycles. The molecule has 0 fully saturated rings. The highest BCUT2D eigenvalue weighted by molar-refractivity contribution is 5.20. The predicted molar refractivity (Wildman–Crippen MR) is 51.3 cm³/mol. The van der Waals surface area contributed by atoms with Crippen molar-refractivity contribution in [3.63, 3.8) is 0 Å². The van der Waals surface area contributed by atoms with Gasteiger partial charge < -0.3 is 9.52 Å². The van der Waals surface area contributed by atoms with Crippen LogP contribution in [0.2, 0.25) is 0 Å². The zero-order valence-corrected chi connectivity index (χ0v) is 7.99. The Balaban J connectivity index is 2.34. The molecule has 1 heterocycles. The van der Waals surface area contributed by atoms with Crippen molar-refractivity contribution in [2.75, 3.05) is 0 Å². The molecule has 4 nitrogen and oxygen atoms in total. The Bertz CT molecular complexity index is 402. The molecular formula is C10H13NO3. The zero-order chi connectivity index (χ0) is 10.1. The minimum atomic E-state index is -0.584. The molecule has 2 unspecified atom stereocenters. The Kier molecular flexibility index (Phi) is 2.19. The number of oxazole rings is 1. The van der Waals surface area contributed by atoms with Gasteiger partial charge in [-0.15, -0.1) is 0 Å². The van der Waals surface area contributed by atoms with Crippen molar-refractivity contribution in [3.8, 4) is 5.88 Å². The van der Waals surface area contributed by atoms with E-state index in [0.717, 1.165) is 12.8 Å². The van der Waals surface area contributed by atoms with Gasteiger partial charge in [-0.1, -0.05) is 19.1 Å². The van der Waals surface area contributed by atoms with Crippen molar-refractivity contribution in [3.05, 3.63) is 28.5 Å². The average Bonchev–Trinajstić information content (AvgIpc) is 2.46. The molecule has 4 heteroatoms. The molecule has 0 aliphatic heterocycles. The molecule has 0 spiro atoms. The van der Waals surface area contributed by atoms with Crippen LogP contribution >= 0.6 is 0 Å². The Morgan fingerprint density at radius 3 is 2.79 bits per heavy atom. The number of aromatic amines is 1. The molecule has 76 valence electrons. The highest BCUT2D eigenvalue weighted by atomic mass is 16.4. The summed E-state index contributed by atoms with van der Waals surface area (Å²) in [5.74, 6) is 0.192. The first-order valence-corrected chi connectivity index (χ1v) is 4.75. The van der Waals surface area contributed by atoms with Crippen molar-refractivity contribution in [2.45, 2.75) is 25.7 Å². The number of rotatable bonds is 1. The van der Waals surface area contributed by atoms with Gasteiger partial charge in [-0.25, -0.2) is 4.79 Å². The van der Waals surface area contributed by atoms with Gasteiger partial charge in [0.2, 0.25) is 5.88 Å². The van der Waals surface area contributed by atoms with Gasteiger partial charge >= 0.3 is 5.76 Å². The lowest BCUT2D eigenvalue weighted by molar-refractivity contribution is 0.338. The van der Waals surface area contributed by atoms with Crippen LogP contribution in [0.1, 0.15) is 31.4 Å². The van der Waals surface area contributed by atoms with Crippen molar-refractivity contribution >= 4 is 0 Å². The lowest BCUT2D eigenvalue weighted by Gasteiger charge is -2.22. The molecule has 2 atom stereocenters. The monoisotopic (exact) mass is 195 g/mol. The Hall–Kier alpha value is -1.45. The normalized spacial score (nSPS) is 26.6. The maximum absolute atomic E-state index is 10.9. The Morgan fingerprint density at radius 1 is 1.50 bits per heavy atom. The van der Waals surface area contributed by atoms with Crippen molar-refractivity contribution in [1.82, 2.24) is 4.98 Å². The van der Waals surface area contributed by atoms with Gasteiger partial charge in [0.15, 0.2) is 5.76 Å². The summed E-state index contributed by atoms with van der Waals surface area (Å²) in [4.78, 5) is 13.1. The summed E-state index contributed by atoms with van der Waals surface area (Å²) in [6.45, 7) is 2.08. The molecule has 2 N–H and O–H groups in total. The summed E-state index contributed by atoms with van der Waals surface area (Å²) in [7, 11) is 0. The van der Waals surface area contributed by atoms with E-state index in [0.29, 0.717) is 11.7 Å². The van der Waals surface area contributed by atoms with Gasteiger partial charge in [-0.3, -0.25) is 4.98 Å². The second-order valence-corrected chi connectivity index (χ2v) is 3.75. The second kappa shape index (κ2) is 3.36. The minimum Gasteiger partial charge on any atom is -0.492 e. The van der Waals surface area contributed by atoms with E-state index in [1.807, 2.05) is 0 Å². The van der Waals surface area contributed by atoms with Crippen LogP contribution in [-0.4, -0.2) is 10.1 Å². The molecule has 0 saturated heterocycles. The quantitative estimate of drug-likeness (QED) is 0.671. The molecule has 14 heavy (non-hydrogen) atoms.